The Morgan fingerprint density at radius 1 is 1.28 bits per heavy atom. The van der Waals surface area contributed by atoms with Crippen LogP contribution in [-0.4, -0.2) is 34.7 Å². The van der Waals surface area contributed by atoms with E-state index in [9.17, 15) is 19.5 Å². The number of carboxylic acid groups (broad SMARTS) is 2. The summed E-state index contributed by atoms with van der Waals surface area (Å²) in [7, 11) is 0. The van der Waals surface area contributed by atoms with Crippen molar-refractivity contribution in [1.82, 2.24) is 0 Å². The second-order valence-electron chi connectivity index (χ2n) is 4.87. The predicted octanol–water partition coefficient (Wildman–Crippen LogP) is 3.58. The fraction of sp³-hybridized carbons (Fsp3) is 0.188. The highest BCUT2D eigenvalue weighted by atomic mass is 35.5. The van der Waals surface area contributed by atoms with Crippen LogP contribution in [0.3, 0.4) is 0 Å². The number of aromatic carboxylic acids is 1. The molecule has 132 valence electrons. The molecule has 2 aromatic rings. The lowest BCUT2D eigenvalue weighted by molar-refractivity contribution is -0.139. The molecule has 0 bridgehead atoms. The minimum absolute atomic E-state index is 0.0163. The summed E-state index contributed by atoms with van der Waals surface area (Å²) in [4.78, 5) is 33.8. The number of carbonyl (C=O) groups excluding carboxylic acids is 1. The first-order valence-corrected chi connectivity index (χ1v) is 8.33. The highest BCUT2D eigenvalue weighted by molar-refractivity contribution is 7.18. The van der Waals surface area contributed by atoms with E-state index in [4.69, 9.17) is 21.4 Å². The van der Waals surface area contributed by atoms with Gasteiger partial charge >= 0.3 is 11.9 Å². The van der Waals surface area contributed by atoms with E-state index in [1.54, 1.807) is 31.2 Å². The lowest BCUT2D eigenvalue weighted by Gasteiger charge is -2.06. The number of anilines is 1. The summed E-state index contributed by atoms with van der Waals surface area (Å²) in [6, 6.07) is 6.73. The number of carboxylic acids is 2. The van der Waals surface area contributed by atoms with E-state index in [0.717, 1.165) is 11.3 Å². The Hall–Kier alpha value is -2.58. The first-order valence-electron chi connectivity index (χ1n) is 7.14. The largest absolute Gasteiger partial charge is 0.479 e. The number of hydrogen-bond acceptors (Lipinski definition) is 5. The Kier molecular flexibility index (Phi) is 6.00. The quantitative estimate of drug-likeness (QED) is 0.673. The molecule has 1 aromatic heterocycles. The SMILES string of the molecule is CCC(=O)Nc1cccc(-c2sc(C(=O)O)c(OCC(=O)O)c2Cl)c1. The number of amides is 1. The van der Waals surface area contributed by atoms with Gasteiger partial charge in [0.2, 0.25) is 5.91 Å². The van der Waals surface area contributed by atoms with Crippen LogP contribution in [0, 0.1) is 0 Å². The van der Waals surface area contributed by atoms with Crippen LogP contribution in [0.15, 0.2) is 24.3 Å². The zero-order valence-corrected chi connectivity index (χ0v) is 14.6. The normalized spacial score (nSPS) is 10.3. The van der Waals surface area contributed by atoms with E-state index >= 15 is 0 Å². The number of nitrogens with one attached hydrogen (secondary N) is 1. The summed E-state index contributed by atoms with van der Waals surface area (Å²) in [5.41, 5.74) is 1.12. The first-order chi connectivity index (χ1) is 11.8. The van der Waals surface area contributed by atoms with Gasteiger partial charge in [-0.05, 0) is 17.7 Å². The monoisotopic (exact) mass is 383 g/mol. The van der Waals surface area contributed by atoms with Gasteiger partial charge in [0, 0.05) is 12.1 Å². The van der Waals surface area contributed by atoms with Gasteiger partial charge in [-0.1, -0.05) is 30.7 Å². The summed E-state index contributed by atoms with van der Waals surface area (Å²) in [5.74, 6) is -2.86. The third-order valence-corrected chi connectivity index (χ3v) is 4.75. The zero-order chi connectivity index (χ0) is 18.6. The average molecular weight is 384 g/mol. The molecule has 1 heterocycles. The lowest BCUT2D eigenvalue weighted by Crippen LogP contribution is -2.10. The molecule has 0 radical (unpaired) electrons. The van der Waals surface area contributed by atoms with Crippen LogP contribution in [0.25, 0.3) is 10.4 Å². The molecule has 7 nitrogen and oxygen atoms in total. The van der Waals surface area contributed by atoms with Gasteiger partial charge < -0.3 is 20.3 Å². The van der Waals surface area contributed by atoms with Gasteiger partial charge in [-0.15, -0.1) is 11.3 Å². The molecule has 9 heteroatoms. The van der Waals surface area contributed by atoms with Crippen LogP contribution in [0.4, 0.5) is 5.69 Å². The molecule has 0 atom stereocenters. The molecule has 3 N–H and O–H groups in total. The number of rotatable bonds is 7. The van der Waals surface area contributed by atoms with E-state index in [2.05, 4.69) is 5.32 Å². The molecule has 1 amide bonds. The van der Waals surface area contributed by atoms with Crippen molar-refractivity contribution in [1.29, 1.82) is 0 Å². The number of aliphatic carboxylic acids is 1. The second kappa shape index (κ2) is 8.00. The minimum Gasteiger partial charge on any atom is -0.479 e. The Labute approximate surface area is 151 Å². The number of hydrogen-bond donors (Lipinski definition) is 3. The van der Waals surface area contributed by atoms with Gasteiger partial charge in [-0.25, -0.2) is 9.59 Å². The van der Waals surface area contributed by atoms with Crippen LogP contribution < -0.4 is 10.1 Å². The number of benzene rings is 1. The van der Waals surface area contributed by atoms with E-state index in [0.29, 0.717) is 22.5 Å². The smallest absolute Gasteiger partial charge is 0.349 e. The fourth-order valence-electron chi connectivity index (χ4n) is 1.97. The molecule has 0 aliphatic rings. The summed E-state index contributed by atoms with van der Waals surface area (Å²) in [6.45, 7) is 1.02. The molecule has 0 fully saturated rings. The number of carbonyl (C=O) groups is 3. The maximum atomic E-state index is 11.5. The van der Waals surface area contributed by atoms with E-state index in [1.165, 1.54) is 0 Å². The molecule has 2 rings (SSSR count). The minimum atomic E-state index is -1.27. The van der Waals surface area contributed by atoms with Crippen LogP contribution in [0.1, 0.15) is 23.0 Å². The van der Waals surface area contributed by atoms with Gasteiger partial charge in [-0.2, -0.15) is 0 Å². The molecule has 0 aliphatic carbocycles. The first kappa shape index (κ1) is 18.8. The molecule has 0 aliphatic heterocycles. The predicted molar refractivity (Wildman–Crippen MR) is 93.8 cm³/mol. The van der Waals surface area contributed by atoms with Gasteiger partial charge in [0.05, 0.1) is 4.88 Å². The van der Waals surface area contributed by atoms with Crippen molar-refractivity contribution in [2.24, 2.45) is 0 Å². The van der Waals surface area contributed by atoms with Crippen molar-refractivity contribution in [2.45, 2.75) is 13.3 Å². The lowest BCUT2D eigenvalue weighted by atomic mass is 10.1. The van der Waals surface area contributed by atoms with Gasteiger partial charge in [0.15, 0.2) is 17.2 Å². The topological polar surface area (TPSA) is 113 Å². The van der Waals surface area contributed by atoms with E-state index < -0.39 is 18.5 Å². The standard InChI is InChI=1S/C16H14ClNO6S/c1-2-10(19)18-9-5-3-4-8(6-9)14-12(17)13(24-7-11(20)21)15(25-14)16(22)23/h3-6H,2,7H2,1H3,(H,18,19)(H,20,21)(H,22,23). The Morgan fingerprint density at radius 3 is 2.60 bits per heavy atom. The summed E-state index contributed by atoms with van der Waals surface area (Å²) < 4.78 is 5.03. The molecule has 0 saturated carbocycles. The van der Waals surface area contributed by atoms with Crippen LogP contribution >= 0.6 is 22.9 Å². The van der Waals surface area contributed by atoms with E-state index in [1.807, 2.05) is 0 Å². The van der Waals surface area contributed by atoms with Crippen molar-refractivity contribution < 1.29 is 29.3 Å². The van der Waals surface area contributed by atoms with Crippen LogP contribution in [0.5, 0.6) is 5.75 Å². The fourth-order valence-corrected chi connectivity index (χ4v) is 3.37. The molecule has 0 spiro atoms. The third-order valence-electron chi connectivity index (χ3n) is 3.07. The summed E-state index contributed by atoms with van der Waals surface area (Å²) in [5, 5.41) is 20.7. The average Bonchev–Trinajstić information content (AvgIpc) is 2.90. The van der Waals surface area contributed by atoms with E-state index in [-0.39, 0.29) is 21.6 Å². The highest BCUT2D eigenvalue weighted by Gasteiger charge is 2.24. The number of thiophene rings is 1. The molecular formula is C16H14ClNO6S. The molecular weight excluding hydrogens is 370 g/mol. The van der Waals surface area contributed by atoms with Crippen LogP contribution in [-0.2, 0) is 9.59 Å². The van der Waals surface area contributed by atoms with Gasteiger partial charge in [0.25, 0.3) is 0 Å². The molecule has 25 heavy (non-hydrogen) atoms. The number of halogens is 1. The van der Waals surface area contributed by atoms with Crippen molar-refractivity contribution in [3.05, 3.63) is 34.2 Å². The maximum absolute atomic E-state index is 11.5. The summed E-state index contributed by atoms with van der Waals surface area (Å²) >= 11 is 7.09. The Balaban J connectivity index is 2.43. The van der Waals surface area contributed by atoms with Crippen molar-refractivity contribution >= 4 is 46.5 Å². The Morgan fingerprint density at radius 2 is 2.00 bits per heavy atom. The zero-order valence-electron chi connectivity index (χ0n) is 13.0. The second-order valence-corrected chi connectivity index (χ2v) is 6.27. The third kappa shape index (κ3) is 4.49. The Bertz CT molecular complexity index is 832. The van der Waals surface area contributed by atoms with Crippen molar-refractivity contribution in [3.63, 3.8) is 0 Å². The van der Waals surface area contributed by atoms with Gasteiger partial charge in [-0.3, -0.25) is 4.79 Å². The molecule has 0 unspecified atom stereocenters. The van der Waals surface area contributed by atoms with Crippen molar-refractivity contribution in [3.8, 4) is 16.2 Å². The van der Waals surface area contributed by atoms with Crippen molar-refractivity contribution in [2.75, 3.05) is 11.9 Å². The highest BCUT2D eigenvalue weighted by Crippen LogP contribution is 2.45. The van der Waals surface area contributed by atoms with Gasteiger partial charge in [0.1, 0.15) is 5.02 Å². The molecule has 1 aromatic carbocycles. The maximum Gasteiger partial charge on any atom is 0.349 e. The number of ether oxygens (including phenoxy) is 1. The van der Waals surface area contributed by atoms with Crippen LogP contribution in [0.2, 0.25) is 5.02 Å². The molecule has 0 saturated heterocycles. The summed E-state index contributed by atoms with van der Waals surface area (Å²) in [6.07, 6.45) is 0.320.